The Morgan fingerprint density at radius 2 is 1.70 bits per heavy atom. The fraction of sp³-hybridized carbons (Fsp3) is 0.235. The van der Waals surface area contributed by atoms with E-state index in [-0.39, 0.29) is 24.4 Å². The molecule has 0 saturated heterocycles. The van der Waals surface area contributed by atoms with Crippen molar-refractivity contribution in [3.8, 4) is 11.1 Å². The summed E-state index contributed by atoms with van der Waals surface area (Å²) in [6.45, 7) is 3.52. The first-order valence-corrected chi connectivity index (χ1v) is 6.62. The molecule has 0 aliphatic rings. The van der Waals surface area contributed by atoms with Crippen LogP contribution in [0.3, 0.4) is 0 Å². The smallest absolute Gasteiger partial charge is 0.181 e. The minimum absolute atomic E-state index is 0.0213. The molecule has 0 N–H and O–H groups in total. The van der Waals surface area contributed by atoms with Gasteiger partial charge in [0, 0.05) is 19.0 Å². The Balaban J connectivity index is 2.21. The lowest BCUT2D eigenvalue weighted by atomic mass is 10.0. The van der Waals surface area contributed by atoms with E-state index in [2.05, 4.69) is 4.98 Å². The number of benzene rings is 1. The molecule has 1 aromatic heterocycles. The van der Waals surface area contributed by atoms with Crippen molar-refractivity contribution < 1.29 is 9.59 Å². The molecule has 20 heavy (non-hydrogen) atoms. The van der Waals surface area contributed by atoms with Crippen LogP contribution in [0.15, 0.2) is 42.6 Å². The number of pyridine rings is 1. The van der Waals surface area contributed by atoms with Crippen LogP contribution in [-0.4, -0.2) is 16.6 Å². The minimum atomic E-state index is -0.0887. The SMILES string of the molecule is CC(=O)CCC(=O)c1cc(-c2ccc(C)cc2)ccn1. The molecular formula is C17H17NO2. The highest BCUT2D eigenvalue weighted by Crippen LogP contribution is 2.20. The zero-order valence-electron chi connectivity index (χ0n) is 11.7. The third kappa shape index (κ3) is 3.60. The number of carbonyl (C=O) groups is 2. The van der Waals surface area contributed by atoms with Crippen molar-refractivity contribution in [1.29, 1.82) is 0 Å². The zero-order chi connectivity index (χ0) is 14.5. The number of hydrogen-bond donors (Lipinski definition) is 0. The van der Waals surface area contributed by atoms with E-state index in [0.717, 1.165) is 11.1 Å². The van der Waals surface area contributed by atoms with E-state index in [1.165, 1.54) is 12.5 Å². The Morgan fingerprint density at radius 1 is 1.00 bits per heavy atom. The Morgan fingerprint density at radius 3 is 2.35 bits per heavy atom. The molecule has 0 fully saturated rings. The van der Waals surface area contributed by atoms with Gasteiger partial charge in [0.05, 0.1) is 0 Å². The fourth-order valence-corrected chi connectivity index (χ4v) is 1.93. The Labute approximate surface area is 118 Å². The summed E-state index contributed by atoms with van der Waals surface area (Å²) in [6.07, 6.45) is 2.13. The number of ketones is 2. The first-order valence-electron chi connectivity index (χ1n) is 6.62. The molecule has 0 atom stereocenters. The van der Waals surface area contributed by atoms with Crippen LogP contribution in [-0.2, 0) is 4.79 Å². The third-order valence-electron chi connectivity index (χ3n) is 3.13. The third-order valence-corrected chi connectivity index (χ3v) is 3.13. The lowest BCUT2D eigenvalue weighted by molar-refractivity contribution is -0.116. The molecular weight excluding hydrogens is 250 g/mol. The van der Waals surface area contributed by atoms with Gasteiger partial charge in [-0.2, -0.15) is 0 Å². The number of rotatable bonds is 5. The number of aromatic nitrogens is 1. The van der Waals surface area contributed by atoms with Crippen LogP contribution in [0.2, 0.25) is 0 Å². The number of carbonyl (C=O) groups excluding carboxylic acids is 2. The highest BCUT2D eigenvalue weighted by molar-refractivity contribution is 5.97. The van der Waals surface area contributed by atoms with E-state index in [1.807, 2.05) is 37.3 Å². The first kappa shape index (κ1) is 14.1. The van der Waals surface area contributed by atoms with Crippen molar-refractivity contribution in [1.82, 2.24) is 4.98 Å². The highest BCUT2D eigenvalue weighted by Gasteiger charge is 2.10. The van der Waals surface area contributed by atoms with Crippen molar-refractivity contribution >= 4 is 11.6 Å². The van der Waals surface area contributed by atoms with Crippen LogP contribution in [0.25, 0.3) is 11.1 Å². The van der Waals surface area contributed by atoms with Gasteiger partial charge in [-0.05, 0) is 37.1 Å². The molecule has 2 aromatic rings. The minimum Gasteiger partial charge on any atom is -0.300 e. The second-order valence-electron chi connectivity index (χ2n) is 4.92. The van der Waals surface area contributed by atoms with E-state index < -0.39 is 0 Å². The summed E-state index contributed by atoms with van der Waals surface area (Å²) in [5, 5.41) is 0. The van der Waals surface area contributed by atoms with Crippen LogP contribution in [0.4, 0.5) is 0 Å². The lowest BCUT2D eigenvalue weighted by Gasteiger charge is -2.04. The second kappa shape index (κ2) is 6.24. The van der Waals surface area contributed by atoms with Crippen molar-refractivity contribution in [2.45, 2.75) is 26.7 Å². The molecule has 2 rings (SSSR count). The summed E-state index contributed by atoms with van der Waals surface area (Å²) in [7, 11) is 0. The largest absolute Gasteiger partial charge is 0.300 e. The highest BCUT2D eigenvalue weighted by atomic mass is 16.1. The lowest BCUT2D eigenvalue weighted by Crippen LogP contribution is -2.04. The fourth-order valence-electron chi connectivity index (χ4n) is 1.93. The van der Waals surface area contributed by atoms with Crippen molar-refractivity contribution in [2.24, 2.45) is 0 Å². The summed E-state index contributed by atoms with van der Waals surface area (Å²) in [4.78, 5) is 27.0. The number of Topliss-reactive ketones (excluding diaryl/α,β-unsaturated/α-hetero) is 2. The van der Waals surface area contributed by atoms with E-state index in [1.54, 1.807) is 12.3 Å². The van der Waals surface area contributed by atoms with Gasteiger partial charge in [0.1, 0.15) is 11.5 Å². The Kier molecular flexibility index (Phi) is 4.41. The van der Waals surface area contributed by atoms with E-state index in [4.69, 9.17) is 0 Å². The standard InChI is InChI=1S/C17H17NO2/c1-12-3-6-14(7-4-12)15-9-10-18-16(11-15)17(20)8-5-13(2)19/h3-4,6-7,9-11H,5,8H2,1-2H3. The van der Waals surface area contributed by atoms with Gasteiger partial charge in [0.25, 0.3) is 0 Å². The molecule has 1 aromatic carbocycles. The Hall–Kier alpha value is -2.29. The molecule has 0 bridgehead atoms. The van der Waals surface area contributed by atoms with Crippen LogP contribution in [0.5, 0.6) is 0 Å². The normalized spacial score (nSPS) is 10.3. The number of hydrogen-bond acceptors (Lipinski definition) is 3. The Bertz CT molecular complexity index is 630. The molecule has 0 spiro atoms. The van der Waals surface area contributed by atoms with Crippen molar-refractivity contribution in [3.05, 3.63) is 53.9 Å². The summed E-state index contributed by atoms with van der Waals surface area (Å²) < 4.78 is 0. The first-order chi connectivity index (χ1) is 9.56. The maximum absolute atomic E-state index is 12.0. The van der Waals surface area contributed by atoms with Gasteiger partial charge in [-0.1, -0.05) is 29.8 Å². The average Bonchev–Trinajstić information content (AvgIpc) is 2.45. The van der Waals surface area contributed by atoms with Crippen LogP contribution in [0.1, 0.15) is 35.8 Å². The molecule has 0 saturated carbocycles. The van der Waals surface area contributed by atoms with Crippen LogP contribution in [0, 0.1) is 6.92 Å². The van der Waals surface area contributed by atoms with Gasteiger partial charge < -0.3 is 4.79 Å². The summed E-state index contributed by atoms with van der Waals surface area (Å²) in [6, 6.07) is 11.8. The van der Waals surface area contributed by atoms with Gasteiger partial charge in [-0.15, -0.1) is 0 Å². The molecule has 102 valence electrons. The van der Waals surface area contributed by atoms with Crippen molar-refractivity contribution in [2.75, 3.05) is 0 Å². The maximum atomic E-state index is 12.0. The molecule has 0 aliphatic heterocycles. The molecule has 3 heteroatoms. The molecule has 0 radical (unpaired) electrons. The molecule has 0 aliphatic carbocycles. The topological polar surface area (TPSA) is 47.0 Å². The number of nitrogens with zero attached hydrogens (tertiary/aromatic N) is 1. The van der Waals surface area contributed by atoms with Gasteiger partial charge in [0.2, 0.25) is 0 Å². The number of aryl methyl sites for hydroxylation is 1. The predicted octanol–water partition coefficient (Wildman–Crippen LogP) is 3.61. The summed E-state index contributed by atoms with van der Waals surface area (Å²) in [5.74, 6) is -0.0674. The summed E-state index contributed by atoms with van der Waals surface area (Å²) >= 11 is 0. The molecule has 0 amide bonds. The molecule has 3 nitrogen and oxygen atoms in total. The van der Waals surface area contributed by atoms with Gasteiger partial charge in [-0.3, -0.25) is 9.78 Å². The van der Waals surface area contributed by atoms with E-state index in [0.29, 0.717) is 5.69 Å². The quantitative estimate of drug-likeness (QED) is 0.777. The monoisotopic (exact) mass is 267 g/mol. The van der Waals surface area contributed by atoms with E-state index >= 15 is 0 Å². The predicted molar refractivity (Wildman–Crippen MR) is 78.7 cm³/mol. The van der Waals surface area contributed by atoms with Crippen LogP contribution >= 0.6 is 0 Å². The summed E-state index contributed by atoms with van der Waals surface area (Å²) in [5.41, 5.74) is 3.63. The van der Waals surface area contributed by atoms with Gasteiger partial charge in [-0.25, -0.2) is 0 Å². The van der Waals surface area contributed by atoms with Gasteiger partial charge in [0.15, 0.2) is 5.78 Å². The second-order valence-corrected chi connectivity index (χ2v) is 4.92. The molecule has 1 heterocycles. The average molecular weight is 267 g/mol. The molecule has 0 unspecified atom stereocenters. The van der Waals surface area contributed by atoms with Gasteiger partial charge >= 0.3 is 0 Å². The van der Waals surface area contributed by atoms with E-state index in [9.17, 15) is 9.59 Å². The van der Waals surface area contributed by atoms with Crippen LogP contribution < -0.4 is 0 Å². The zero-order valence-corrected chi connectivity index (χ0v) is 11.7. The maximum Gasteiger partial charge on any atom is 0.181 e. The van der Waals surface area contributed by atoms with Crippen molar-refractivity contribution in [3.63, 3.8) is 0 Å².